The molecule has 2 rings (SSSR count). The predicted molar refractivity (Wildman–Crippen MR) is 85.3 cm³/mol. The van der Waals surface area contributed by atoms with Crippen LogP contribution < -0.4 is 5.73 Å². The number of thiazole rings is 1. The van der Waals surface area contributed by atoms with Crippen LogP contribution in [-0.4, -0.2) is 23.7 Å². The van der Waals surface area contributed by atoms with E-state index in [1.165, 1.54) is 25.0 Å². The van der Waals surface area contributed by atoms with Gasteiger partial charge in [-0.15, -0.1) is 11.3 Å². The fourth-order valence-corrected chi connectivity index (χ4v) is 4.08. The lowest BCUT2D eigenvalue weighted by Crippen LogP contribution is -2.51. The van der Waals surface area contributed by atoms with Gasteiger partial charge in [0, 0.05) is 30.4 Å². The molecule has 1 aromatic heterocycles. The minimum absolute atomic E-state index is 0.0479. The molecule has 1 aliphatic carbocycles. The molecule has 1 unspecified atom stereocenters. The van der Waals surface area contributed by atoms with Gasteiger partial charge in [-0.1, -0.05) is 40.0 Å². The molecule has 0 aliphatic heterocycles. The highest BCUT2D eigenvalue weighted by Crippen LogP contribution is 2.35. The third-order valence-corrected chi connectivity index (χ3v) is 5.37. The second-order valence-electron chi connectivity index (χ2n) is 7.02. The fraction of sp³-hybridized carbons (Fsp3) is 0.812. The molecular formula is C16H28N2OS. The molecule has 1 atom stereocenters. The highest BCUT2D eigenvalue weighted by atomic mass is 32.1. The Morgan fingerprint density at radius 1 is 1.35 bits per heavy atom. The first-order valence-electron chi connectivity index (χ1n) is 7.63. The first-order chi connectivity index (χ1) is 9.37. The van der Waals surface area contributed by atoms with E-state index in [0.717, 1.165) is 24.3 Å². The lowest BCUT2D eigenvalue weighted by atomic mass is 9.78. The highest BCUT2D eigenvalue weighted by Gasteiger charge is 2.38. The highest BCUT2D eigenvalue weighted by molar-refractivity contribution is 7.09. The van der Waals surface area contributed by atoms with Gasteiger partial charge in [-0.2, -0.15) is 0 Å². The van der Waals surface area contributed by atoms with Crippen LogP contribution in [0.4, 0.5) is 0 Å². The maximum absolute atomic E-state index is 6.49. The summed E-state index contributed by atoms with van der Waals surface area (Å²) in [6.45, 7) is 6.59. The number of hydrogen-bond acceptors (Lipinski definition) is 4. The summed E-state index contributed by atoms with van der Waals surface area (Å²) in [5, 5.41) is 3.31. The van der Waals surface area contributed by atoms with Gasteiger partial charge in [0.05, 0.1) is 16.3 Å². The van der Waals surface area contributed by atoms with Crippen LogP contribution in [0.2, 0.25) is 0 Å². The van der Waals surface area contributed by atoms with Crippen LogP contribution in [0.1, 0.15) is 63.6 Å². The third-order valence-electron chi connectivity index (χ3n) is 4.50. The van der Waals surface area contributed by atoms with Gasteiger partial charge in [-0.25, -0.2) is 4.98 Å². The number of rotatable bonds is 4. The second kappa shape index (κ2) is 6.12. The third kappa shape index (κ3) is 3.41. The van der Waals surface area contributed by atoms with Crippen LogP contribution in [0.15, 0.2) is 5.38 Å². The summed E-state index contributed by atoms with van der Waals surface area (Å²) in [5.41, 5.74) is 7.63. The van der Waals surface area contributed by atoms with E-state index in [1.54, 1.807) is 11.3 Å². The van der Waals surface area contributed by atoms with Gasteiger partial charge in [-0.05, 0) is 12.8 Å². The average Bonchev–Trinajstić information content (AvgIpc) is 2.88. The van der Waals surface area contributed by atoms with Crippen LogP contribution in [-0.2, 0) is 16.6 Å². The Bertz CT molecular complexity index is 430. The Hall–Kier alpha value is -0.450. The standard InChI is InChI=1S/C16H28N2OS/c1-15(2,3)13-11-20-14(18-13)10-12(17)16(19-4)8-6-5-7-9-16/h11-12H,5-10,17H2,1-4H3. The molecule has 4 heteroatoms. The molecule has 2 N–H and O–H groups in total. The smallest absolute Gasteiger partial charge is 0.0945 e. The van der Waals surface area contributed by atoms with Crippen LogP contribution >= 0.6 is 11.3 Å². The van der Waals surface area contributed by atoms with E-state index < -0.39 is 0 Å². The van der Waals surface area contributed by atoms with Crippen LogP contribution in [0, 0.1) is 0 Å². The van der Waals surface area contributed by atoms with E-state index in [1.807, 2.05) is 7.11 Å². The van der Waals surface area contributed by atoms with E-state index in [4.69, 9.17) is 15.5 Å². The number of ether oxygens (including phenoxy) is 1. The maximum Gasteiger partial charge on any atom is 0.0945 e. The molecular weight excluding hydrogens is 268 g/mol. The normalized spacial score (nSPS) is 20.9. The van der Waals surface area contributed by atoms with Gasteiger partial charge in [0.2, 0.25) is 0 Å². The average molecular weight is 296 g/mol. The minimum atomic E-state index is -0.133. The van der Waals surface area contributed by atoms with Crippen molar-refractivity contribution < 1.29 is 4.74 Å². The predicted octanol–water partition coefficient (Wildman–Crippen LogP) is 3.66. The van der Waals surface area contributed by atoms with Crippen molar-refractivity contribution in [1.82, 2.24) is 4.98 Å². The monoisotopic (exact) mass is 296 g/mol. The quantitative estimate of drug-likeness (QED) is 0.922. The minimum Gasteiger partial charge on any atom is -0.377 e. The van der Waals surface area contributed by atoms with Crippen LogP contribution in [0.5, 0.6) is 0 Å². The zero-order valence-electron chi connectivity index (χ0n) is 13.2. The molecule has 1 fully saturated rings. The van der Waals surface area contributed by atoms with E-state index in [-0.39, 0.29) is 17.1 Å². The maximum atomic E-state index is 6.49. The van der Waals surface area contributed by atoms with Crippen LogP contribution in [0.3, 0.4) is 0 Å². The largest absolute Gasteiger partial charge is 0.377 e. The Morgan fingerprint density at radius 3 is 2.50 bits per heavy atom. The zero-order chi connectivity index (χ0) is 14.8. The topological polar surface area (TPSA) is 48.1 Å². The summed E-state index contributed by atoms with van der Waals surface area (Å²) in [6, 6.07) is 0.0479. The Labute approximate surface area is 126 Å². The molecule has 1 aromatic rings. The van der Waals surface area contributed by atoms with Crippen LogP contribution in [0.25, 0.3) is 0 Å². The fourth-order valence-electron chi connectivity index (χ4n) is 3.00. The van der Waals surface area contributed by atoms with E-state index in [9.17, 15) is 0 Å². The number of nitrogens with two attached hydrogens (primary N) is 1. The molecule has 114 valence electrons. The summed E-state index contributed by atoms with van der Waals surface area (Å²) in [5.74, 6) is 0. The van der Waals surface area contributed by atoms with Crippen molar-refractivity contribution in [1.29, 1.82) is 0 Å². The lowest BCUT2D eigenvalue weighted by Gasteiger charge is -2.40. The van der Waals surface area contributed by atoms with Gasteiger partial charge < -0.3 is 10.5 Å². The Kier molecular flexibility index (Phi) is 4.88. The van der Waals surface area contributed by atoms with Crippen molar-refractivity contribution >= 4 is 11.3 Å². The number of hydrogen-bond donors (Lipinski definition) is 1. The molecule has 0 aromatic carbocycles. The summed E-state index contributed by atoms with van der Waals surface area (Å²) >= 11 is 1.73. The van der Waals surface area contributed by atoms with Gasteiger partial charge in [0.25, 0.3) is 0 Å². The molecule has 3 nitrogen and oxygen atoms in total. The number of nitrogens with zero attached hydrogens (tertiary/aromatic N) is 1. The first kappa shape index (κ1) is 15.9. The molecule has 0 radical (unpaired) electrons. The van der Waals surface area contributed by atoms with Gasteiger partial charge >= 0.3 is 0 Å². The molecule has 0 spiro atoms. The molecule has 20 heavy (non-hydrogen) atoms. The van der Waals surface area contributed by atoms with Crippen molar-refractivity contribution in [3.63, 3.8) is 0 Å². The molecule has 1 aliphatic rings. The van der Waals surface area contributed by atoms with Gasteiger partial charge in [0.15, 0.2) is 0 Å². The molecule has 1 saturated carbocycles. The van der Waals surface area contributed by atoms with Crippen molar-refractivity contribution in [2.75, 3.05) is 7.11 Å². The number of methoxy groups -OCH3 is 1. The SMILES string of the molecule is COC1(C(N)Cc2nc(C(C)(C)C)cs2)CCCCC1. The number of aromatic nitrogens is 1. The van der Waals surface area contributed by atoms with E-state index >= 15 is 0 Å². The zero-order valence-corrected chi connectivity index (χ0v) is 14.1. The van der Waals surface area contributed by atoms with Crippen molar-refractivity contribution in [2.45, 2.75) is 76.4 Å². The molecule has 0 amide bonds. The van der Waals surface area contributed by atoms with E-state index in [2.05, 4.69) is 26.2 Å². The Morgan fingerprint density at radius 2 is 2.00 bits per heavy atom. The van der Waals surface area contributed by atoms with Gasteiger partial charge in [-0.3, -0.25) is 0 Å². The van der Waals surface area contributed by atoms with Crippen molar-refractivity contribution in [2.24, 2.45) is 5.73 Å². The summed E-state index contributed by atoms with van der Waals surface area (Å²) in [4.78, 5) is 4.76. The second-order valence-corrected chi connectivity index (χ2v) is 7.96. The van der Waals surface area contributed by atoms with E-state index in [0.29, 0.717) is 0 Å². The molecule has 1 heterocycles. The van der Waals surface area contributed by atoms with Gasteiger partial charge in [0.1, 0.15) is 0 Å². The molecule has 0 bridgehead atoms. The summed E-state index contributed by atoms with van der Waals surface area (Å²) in [6.07, 6.45) is 6.77. The lowest BCUT2D eigenvalue weighted by molar-refractivity contribution is -0.0582. The summed E-state index contributed by atoms with van der Waals surface area (Å²) in [7, 11) is 1.81. The first-order valence-corrected chi connectivity index (χ1v) is 8.51. The Balaban J connectivity index is 2.06. The van der Waals surface area contributed by atoms with Crippen molar-refractivity contribution in [3.8, 4) is 0 Å². The molecule has 0 saturated heterocycles. The summed E-state index contributed by atoms with van der Waals surface area (Å²) < 4.78 is 5.84. The van der Waals surface area contributed by atoms with Crippen molar-refractivity contribution in [3.05, 3.63) is 16.1 Å².